The smallest absolute Gasteiger partial charge is 0.338 e. The van der Waals surface area contributed by atoms with Gasteiger partial charge >= 0.3 is 11.9 Å². The molecule has 0 fully saturated rings. The molecule has 4 rings (SSSR count). The first kappa shape index (κ1) is 22.5. The number of carbonyl (C=O) groups is 2. The number of allylic oxidation sites excluding steroid dienone is 1. The molecule has 0 spiro atoms. The Morgan fingerprint density at radius 2 is 1.88 bits per heavy atom. The van der Waals surface area contributed by atoms with Crippen LogP contribution in [-0.2, 0) is 14.3 Å². The highest BCUT2D eigenvalue weighted by Crippen LogP contribution is 2.31. The summed E-state index contributed by atoms with van der Waals surface area (Å²) in [6, 6.07) is 9.43. The van der Waals surface area contributed by atoms with Crippen molar-refractivity contribution in [1.29, 1.82) is 0 Å². The second kappa shape index (κ2) is 9.03. The molecule has 3 heterocycles. The third-order valence-electron chi connectivity index (χ3n) is 5.20. The largest absolute Gasteiger partial charge is 0.465 e. The predicted molar refractivity (Wildman–Crippen MR) is 122 cm³/mol. The molecule has 170 valence electrons. The van der Waals surface area contributed by atoms with Gasteiger partial charge < -0.3 is 13.9 Å². The number of aromatic nitrogens is 1. The van der Waals surface area contributed by atoms with Gasteiger partial charge in [0, 0.05) is 6.08 Å². The van der Waals surface area contributed by atoms with Gasteiger partial charge in [-0.05, 0) is 50.6 Å². The van der Waals surface area contributed by atoms with Gasteiger partial charge in [0.25, 0.3) is 5.56 Å². The van der Waals surface area contributed by atoms with E-state index in [1.165, 1.54) is 23.0 Å². The van der Waals surface area contributed by atoms with E-state index in [9.17, 15) is 14.4 Å². The summed E-state index contributed by atoms with van der Waals surface area (Å²) in [6.45, 7) is 5.45. The second-order valence-electron chi connectivity index (χ2n) is 7.36. The third kappa shape index (κ3) is 4.19. The molecule has 0 bridgehead atoms. The van der Waals surface area contributed by atoms with Crippen LogP contribution in [-0.4, -0.2) is 30.2 Å². The highest BCUT2D eigenvalue weighted by atomic mass is 32.1. The molecule has 2 aromatic heterocycles. The lowest BCUT2D eigenvalue weighted by atomic mass is 9.95. The average molecular weight is 467 g/mol. The fourth-order valence-electron chi connectivity index (χ4n) is 3.69. The lowest BCUT2D eigenvalue weighted by molar-refractivity contribution is -0.139. The summed E-state index contributed by atoms with van der Waals surface area (Å²) in [6.07, 6.45) is 1.66. The maximum absolute atomic E-state index is 13.5. The lowest BCUT2D eigenvalue weighted by Gasteiger charge is -2.24. The van der Waals surface area contributed by atoms with Gasteiger partial charge in [0.05, 0.1) is 41.1 Å². The summed E-state index contributed by atoms with van der Waals surface area (Å²) in [5, 5.41) is 0. The van der Waals surface area contributed by atoms with Crippen LogP contribution in [0.2, 0.25) is 0 Å². The van der Waals surface area contributed by atoms with Crippen molar-refractivity contribution >= 4 is 29.4 Å². The van der Waals surface area contributed by atoms with E-state index >= 15 is 0 Å². The summed E-state index contributed by atoms with van der Waals surface area (Å²) in [4.78, 5) is 43.2. The van der Waals surface area contributed by atoms with Crippen molar-refractivity contribution in [2.24, 2.45) is 4.99 Å². The van der Waals surface area contributed by atoms with E-state index in [1.54, 1.807) is 50.3 Å². The van der Waals surface area contributed by atoms with E-state index in [0.29, 0.717) is 31.9 Å². The van der Waals surface area contributed by atoms with E-state index < -0.39 is 18.0 Å². The molecule has 0 saturated carbocycles. The molecule has 0 radical (unpaired) electrons. The van der Waals surface area contributed by atoms with Crippen molar-refractivity contribution in [2.75, 3.05) is 13.7 Å². The van der Waals surface area contributed by atoms with Crippen molar-refractivity contribution in [3.8, 4) is 0 Å². The number of hydrogen-bond acceptors (Lipinski definition) is 8. The molecule has 0 amide bonds. The van der Waals surface area contributed by atoms with Crippen LogP contribution >= 0.6 is 11.3 Å². The molecule has 0 aliphatic carbocycles. The minimum Gasteiger partial charge on any atom is -0.465 e. The van der Waals surface area contributed by atoms with Crippen LogP contribution in [0.4, 0.5) is 0 Å². The molecule has 1 atom stereocenters. The first-order valence-corrected chi connectivity index (χ1v) is 11.1. The van der Waals surface area contributed by atoms with E-state index in [1.807, 2.05) is 13.0 Å². The highest BCUT2D eigenvalue weighted by molar-refractivity contribution is 7.07. The van der Waals surface area contributed by atoms with Crippen LogP contribution < -0.4 is 14.9 Å². The molecule has 9 heteroatoms. The quantitative estimate of drug-likeness (QED) is 0.536. The molecule has 1 aliphatic rings. The topological polar surface area (TPSA) is 100 Å². The maximum Gasteiger partial charge on any atom is 0.338 e. The normalized spacial score (nSPS) is 15.8. The predicted octanol–water partition coefficient (Wildman–Crippen LogP) is 2.49. The Balaban J connectivity index is 1.92. The number of rotatable bonds is 5. The van der Waals surface area contributed by atoms with Crippen LogP contribution in [0.1, 0.15) is 47.3 Å². The fraction of sp³-hybridized carbons (Fsp3) is 0.250. The molecule has 0 N–H and O–H groups in total. The number of fused-ring (bicyclic) bond motifs is 1. The molecular formula is C24H22N2O6S. The van der Waals surface area contributed by atoms with E-state index in [2.05, 4.69) is 4.99 Å². The molecule has 8 nitrogen and oxygen atoms in total. The molecule has 1 aliphatic heterocycles. The Bertz CT molecular complexity index is 1440. The lowest BCUT2D eigenvalue weighted by Crippen LogP contribution is -2.39. The monoisotopic (exact) mass is 466 g/mol. The number of carbonyl (C=O) groups excluding carboxylic acids is 2. The van der Waals surface area contributed by atoms with E-state index in [-0.39, 0.29) is 17.7 Å². The Labute approximate surface area is 193 Å². The first-order valence-electron chi connectivity index (χ1n) is 10.3. The Morgan fingerprint density at radius 1 is 1.15 bits per heavy atom. The van der Waals surface area contributed by atoms with Crippen molar-refractivity contribution in [1.82, 2.24) is 4.57 Å². The minimum absolute atomic E-state index is 0.186. The number of aryl methyl sites for hydroxylation is 1. The average Bonchev–Trinajstić information content (AvgIpc) is 3.34. The SMILES string of the molecule is CCOC(=O)C1=C(C)N=c2s/c(=C/c3ccc(C)o3)c(=O)n2[C@H]1c1ccc(C(=O)OC)cc1. The Hall–Kier alpha value is -3.72. The van der Waals surface area contributed by atoms with Gasteiger partial charge in [0.15, 0.2) is 4.80 Å². The molecule has 0 saturated heterocycles. The number of esters is 2. The highest BCUT2D eigenvalue weighted by Gasteiger charge is 2.33. The summed E-state index contributed by atoms with van der Waals surface area (Å²) in [5.41, 5.74) is 1.44. The Kier molecular flexibility index (Phi) is 6.15. The number of hydrogen-bond donors (Lipinski definition) is 0. The zero-order valence-electron chi connectivity index (χ0n) is 18.6. The zero-order valence-corrected chi connectivity index (χ0v) is 19.4. The third-order valence-corrected chi connectivity index (χ3v) is 6.18. The number of benzene rings is 1. The summed E-state index contributed by atoms with van der Waals surface area (Å²) in [5.74, 6) is 0.268. The van der Waals surface area contributed by atoms with Crippen LogP contribution in [0.5, 0.6) is 0 Å². The van der Waals surface area contributed by atoms with E-state index in [0.717, 1.165) is 5.76 Å². The van der Waals surface area contributed by atoms with Crippen molar-refractivity contribution in [2.45, 2.75) is 26.8 Å². The minimum atomic E-state index is -0.757. The second-order valence-corrected chi connectivity index (χ2v) is 8.37. The van der Waals surface area contributed by atoms with Crippen LogP contribution in [0.15, 0.2) is 61.9 Å². The summed E-state index contributed by atoms with van der Waals surface area (Å²) in [7, 11) is 1.31. The van der Waals surface area contributed by atoms with Gasteiger partial charge in [-0.1, -0.05) is 23.5 Å². The number of thiazole rings is 1. The molecule has 1 aromatic carbocycles. The Morgan fingerprint density at radius 3 is 2.48 bits per heavy atom. The number of methoxy groups -OCH3 is 1. The first-order chi connectivity index (χ1) is 15.8. The summed E-state index contributed by atoms with van der Waals surface area (Å²) >= 11 is 1.21. The summed E-state index contributed by atoms with van der Waals surface area (Å²) < 4.78 is 17.5. The standard InChI is InChI=1S/C24H22N2O6S/c1-5-31-23(29)19-14(3)25-24-26(20(19)15-7-9-16(10-8-15)22(28)30-4)21(27)18(33-24)12-17-11-6-13(2)32-17/h6-12,20H,5H2,1-4H3/b18-12+/t20-/m0/s1. The molecule has 33 heavy (non-hydrogen) atoms. The molecule has 0 unspecified atom stereocenters. The van der Waals surface area contributed by atoms with Crippen molar-refractivity contribution in [3.63, 3.8) is 0 Å². The number of nitrogens with zero attached hydrogens (tertiary/aromatic N) is 2. The fourth-order valence-corrected chi connectivity index (χ4v) is 4.71. The zero-order chi connectivity index (χ0) is 23.7. The van der Waals surface area contributed by atoms with Gasteiger partial charge in [0.1, 0.15) is 11.5 Å². The van der Waals surface area contributed by atoms with E-state index in [4.69, 9.17) is 13.9 Å². The van der Waals surface area contributed by atoms with Crippen LogP contribution in [0.25, 0.3) is 6.08 Å². The molecule has 3 aromatic rings. The van der Waals surface area contributed by atoms with Gasteiger partial charge in [-0.2, -0.15) is 0 Å². The van der Waals surface area contributed by atoms with Crippen LogP contribution in [0.3, 0.4) is 0 Å². The van der Waals surface area contributed by atoms with Gasteiger partial charge in [0.2, 0.25) is 0 Å². The van der Waals surface area contributed by atoms with Gasteiger partial charge in [-0.3, -0.25) is 9.36 Å². The van der Waals surface area contributed by atoms with Crippen molar-refractivity contribution in [3.05, 3.63) is 90.0 Å². The molecular weight excluding hydrogens is 444 g/mol. The number of ether oxygens (including phenoxy) is 2. The van der Waals surface area contributed by atoms with Gasteiger partial charge in [-0.25, -0.2) is 14.6 Å². The van der Waals surface area contributed by atoms with Crippen LogP contribution in [0, 0.1) is 6.92 Å². The van der Waals surface area contributed by atoms with Gasteiger partial charge in [-0.15, -0.1) is 0 Å². The van der Waals surface area contributed by atoms with Crippen molar-refractivity contribution < 1.29 is 23.5 Å². The maximum atomic E-state index is 13.5. The number of furan rings is 1.